The van der Waals surface area contributed by atoms with Crippen LogP contribution in [0.1, 0.15) is 44.7 Å². The summed E-state index contributed by atoms with van der Waals surface area (Å²) in [7, 11) is -0.409. The van der Waals surface area contributed by atoms with Crippen LogP contribution in [-0.2, 0) is 31.7 Å². The summed E-state index contributed by atoms with van der Waals surface area (Å²) in [6, 6.07) is 19.3. The Kier molecular flexibility index (Phi) is 12.6. The maximum atomic E-state index is 14.0. The van der Waals surface area contributed by atoms with Crippen molar-refractivity contribution in [3.8, 4) is 5.75 Å². The standard InChI is InChI=1S/C32H45NO7Si/c1-6-13-28(40-41(7-2,8-3)9-4)21-29(34)30(38-22-25-16-18-27(37-5)19-17-25)31(35)33-26(23-39-32(33)36)20-24-14-11-10-12-15-24/h6,10-12,14-19,26,28-30,34H,1,7-9,13,20-23H2,2-5H3/t26-,28+,29+,30-/m0/s1. The Morgan fingerprint density at radius 3 is 2.34 bits per heavy atom. The van der Waals surface area contributed by atoms with Crippen molar-refractivity contribution in [1.82, 2.24) is 4.90 Å². The van der Waals surface area contributed by atoms with Crippen molar-refractivity contribution >= 4 is 20.3 Å². The molecule has 0 unspecified atom stereocenters. The second-order valence-corrected chi connectivity index (χ2v) is 15.2. The second-order valence-electron chi connectivity index (χ2n) is 10.5. The van der Waals surface area contributed by atoms with Gasteiger partial charge in [-0.05, 0) is 54.2 Å². The molecule has 1 saturated heterocycles. The number of amides is 2. The van der Waals surface area contributed by atoms with E-state index in [9.17, 15) is 14.7 Å². The molecule has 0 spiro atoms. The molecular formula is C32H45NO7Si. The fraction of sp³-hybridized carbons (Fsp3) is 0.500. The maximum absolute atomic E-state index is 14.0. The van der Waals surface area contributed by atoms with Gasteiger partial charge in [-0.3, -0.25) is 4.79 Å². The molecule has 0 bridgehead atoms. The Labute approximate surface area is 245 Å². The van der Waals surface area contributed by atoms with Crippen LogP contribution in [-0.4, -0.2) is 68.4 Å². The van der Waals surface area contributed by atoms with Gasteiger partial charge in [-0.2, -0.15) is 0 Å². The number of imide groups is 1. The van der Waals surface area contributed by atoms with Gasteiger partial charge >= 0.3 is 6.09 Å². The molecule has 41 heavy (non-hydrogen) atoms. The van der Waals surface area contributed by atoms with Gasteiger partial charge in [0.2, 0.25) is 0 Å². The topological polar surface area (TPSA) is 94.5 Å². The highest BCUT2D eigenvalue weighted by Crippen LogP contribution is 2.28. The summed E-state index contributed by atoms with van der Waals surface area (Å²) in [6.07, 6.45) is -0.625. The van der Waals surface area contributed by atoms with Crippen LogP contribution in [0.2, 0.25) is 18.1 Å². The number of hydrogen-bond donors (Lipinski definition) is 1. The number of ether oxygens (including phenoxy) is 3. The largest absolute Gasteiger partial charge is 0.497 e. The molecular weight excluding hydrogens is 538 g/mol. The van der Waals surface area contributed by atoms with Crippen LogP contribution in [0.25, 0.3) is 0 Å². The minimum absolute atomic E-state index is 0.0637. The van der Waals surface area contributed by atoms with Gasteiger partial charge in [0.1, 0.15) is 12.4 Å². The lowest BCUT2D eigenvalue weighted by atomic mass is 10.0. The van der Waals surface area contributed by atoms with Crippen LogP contribution in [0.15, 0.2) is 67.3 Å². The van der Waals surface area contributed by atoms with E-state index >= 15 is 0 Å². The molecule has 4 atom stereocenters. The molecule has 1 fully saturated rings. The summed E-state index contributed by atoms with van der Waals surface area (Å²) in [6.45, 7) is 10.5. The van der Waals surface area contributed by atoms with Gasteiger partial charge in [0.05, 0.1) is 32.0 Å². The van der Waals surface area contributed by atoms with Crippen molar-refractivity contribution in [2.24, 2.45) is 0 Å². The Hall–Kier alpha value is -2.98. The smallest absolute Gasteiger partial charge is 0.417 e. The Balaban J connectivity index is 1.85. The van der Waals surface area contributed by atoms with Crippen LogP contribution in [0.4, 0.5) is 4.79 Å². The highest BCUT2D eigenvalue weighted by atomic mass is 28.4. The second kappa shape index (κ2) is 15.9. The molecule has 9 heteroatoms. The lowest BCUT2D eigenvalue weighted by molar-refractivity contribution is -0.152. The molecule has 1 N–H and O–H groups in total. The number of aliphatic hydroxyl groups is 1. The van der Waals surface area contributed by atoms with Crippen LogP contribution >= 0.6 is 0 Å². The minimum Gasteiger partial charge on any atom is -0.497 e. The third kappa shape index (κ3) is 8.75. The average molecular weight is 584 g/mol. The molecule has 1 aliphatic rings. The number of aliphatic hydroxyl groups excluding tert-OH is 1. The first-order valence-corrected chi connectivity index (χ1v) is 17.1. The number of nitrogens with zero attached hydrogens (tertiary/aromatic N) is 1. The molecule has 0 radical (unpaired) electrons. The first-order chi connectivity index (χ1) is 19.8. The van der Waals surface area contributed by atoms with Crippen molar-refractivity contribution in [3.63, 3.8) is 0 Å². The van der Waals surface area contributed by atoms with Crippen LogP contribution in [0, 0.1) is 0 Å². The summed E-state index contributed by atoms with van der Waals surface area (Å²) in [5, 5.41) is 11.5. The zero-order valence-electron chi connectivity index (χ0n) is 24.8. The summed E-state index contributed by atoms with van der Waals surface area (Å²) in [4.78, 5) is 27.9. The predicted octanol–water partition coefficient (Wildman–Crippen LogP) is 5.89. The van der Waals surface area contributed by atoms with E-state index in [0.717, 1.165) is 34.2 Å². The van der Waals surface area contributed by atoms with Crippen molar-refractivity contribution in [1.29, 1.82) is 0 Å². The Morgan fingerprint density at radius 1 is 1.10 bits per heavy atom. The number of methoxy groups -OCH3 is 1. The quantitative estimate of drug-likeness (QED) is 0.183. The SMILES string of the molecule is C=CC[C@H](C[C@@H](O)[C@H](OCc1ccc(OC)cc1)C(=O)N1C(=O)OC[C@@H]1Cc1ccccc1)O[Si](CC)(CC)CC. The molecule has 1 heterocycles. The van der Waals surface area contributed by atoms with E-state index in [4.69, 9.17) is 18.6 Å². The van der Waals surface area contributed by atoms with Gasteiger partial charge in [-0.25, -0.2) is 9.69 Å². The predicted molar refractivity (Wildman–Crippen MR) is 161 cm³/mol. The van der Waals surface area contributed by atoms with E-state index in [0.29, 0.717) is 18.6 Å². The van der Waals surface area contributed by atoms with E-state index in [1.165, 1.54) is 0 Å². The van der Waals surface area contributed by atoms with Gasteiger partial charge in [0.25, 0.3) is 5.91 Å². The Morgan fingerprint density at radius 2 is 1.76 bits per heavy atom. The van der Waals surface area contributed by atoms with Crippen LogP contribution < -0.4 is 4.74 Å². The summed E-state index contributed by atoms with van der Waals surface area (Å²) >= 11 is 0. The third-order valence-electron chi connectivity index (χ3n) is 7.98. The number of carbonyl (C=O) groups excluding carboxylic acids is 2. The monoisotopic (exact) mass is 583 g/mol. The summed E-state index contributed by atoms with van der Waals surface area (Å²) in [5.41, 5.74) is 1.78. The number of benzene rings is 2. The molecule has 3 rings (SSSR count). The normalized spacial score (nSPS) is 17.5. The van der Waals surface area contributed by atoms with Gasteiger partial charge in [0.15, 0.2) is 14.4 Å². The zero-order valence-corrected chi connectivity index (χ0v) is 25.8. The van der Waals surface area contributed by atoms with Crippen molar-refractivity contribution < 1.29 is 33.3 Å². The van der Waals surface area contributed by atoms with Crippen molar-refractivity contribution in [3.05, 3.63) is 78.4 Å². The molecule has 8 nitrogen and oxygen atoms in total. The number of rotatable bonds is 17. The van der Waals surface area contributed by atoms with Gasteiger partial charge in [-0.1, -0.05) is 69.3 Å². The summed E-state index contributed by atoms with van der Waals surface area (Å²) in [5.74, 6) is 0.0848. The molecule has 2 amide bonds. The fourth-order valence-corrected chi connectivity index (χ4v) is 8.18. The molecule has 0 aliphatic carbocycles. The first kappa shape index (κ1) is 32.5. The Bertz CT molecular complexity index is 1100. The van der Waals surface area contributed by atoms with Crippen LogP contribution in [0.5, 0.6) is 5.75 Å². The van der Waals surface area contributed by atoms with E-state index in [1.54, 1.807) is 25.3 Å². The van der Waals surface area contributed by atoms with Crippen LogP contribution in [0.3, 0.4) is 0 Å². The lowest BCUT2D eigenvalue weighted by Gasteiger charge is -2.35. The molecule has 0 saturated carbocycles. The van der Waals surface area contributed by atoms with Gasteiger partial charge < -0.3 is 23.7 Å². The highest BCUT2D eigenvalue weighted by Gasteiger charge is 2.44. The van der Waals surface area contributed by atoms with E-state index < -0.39 is 38.6 Å². The van der Waals surface area contributed by atoms with E-state index in [1.807, 2.05) is 42.5 Å². The number of hydrogen-bond acceptors (Lipinski definition) is 7. The number of carbonyl (C=O) groups is 2. The van der Waals surface area contributed by atoms with Crippen molar-refractivity contribution in [2.75, 3.05) is 13.7 Å². The first-order valence-electron chi connectivity index (χ1n) is 14.5. The van der Waals surface area contributed by atoms with Gasteiger partial charge in [0, 0.05) is 6.42 Å². The summed E-state index contributed by atoms with van der Waals surface area (Å²) < 4.78 is 23.3. The third-order valence-corrected chi connectivity index (χ3v) is 12.7. The molecule has 2 aromatic rings. The number of cyclic esters (lactones) is 1. The zero-order chi connectivity index (χ0) is 29.8. The fourth-order valence-electron chi connectivity index (χ4n) is 5.28. The maximum Gasteiger partial charge on any atom is 0.417 e. The lowest BCUT2D eigenvalue weighted by Crippen LogP contribution is -2.51. The highest BCUT2D eigenvalue weighted by molar-refractivity contribution is 6.73. The van der Waals surface area contributed by atoms with E-state index in [2.05, 4.69) is 27.4 Å². The van der Waals surface area contributed by atoms with Crippen molar-refractivity contribution in [2.45, 2.75) is 89.1 Å². The molecule has 1 aliphatic heterocycles. The minimum atomic E-state index is -2.00. The molecule has 0 aromatic heterocycles. The van der Waals surface area contributed by atoms with Gasteiger partial charge in [-0.15, -0.1) is 6.58 Å². The average Bonchev–Trinajstić information content (AvgIpc) is 3.36. The molecule has 2 aromatic carbocycles. The van der Waals surface area contributed by atoms with E-state index in [-0.39, 0.29) is 25.7 Å². The molecule has 224 valence electrons.